The fraction of sp³-hybridized carbons (Fsp3) is 0.200. The second-order valence-electron chi connectivity index (χ2n) is 1.64. The summed E-state index contributed by atoms with van der Waals surface area (Å²) in [5.74, 6) is 0. The summed E-state index contributed by atoms with van der Waals surface area (Å²) in [6.07, 6.45) is 4.90. The molecule has 8 heavy (non-hydrogen) atoms. The van der Waals surface area contributed by atoms with E-state index in [1.165, 1.54) is 6.20 Å². The molecule has 3 N–H and O–H groups in total. The van der Waals surface area contributed by atoms with Gasteiger partial charge >= 0.3 is 0 Å². The van der Waals surface area contributed by atoms with Gasteiger partial charge in [-0.15, -0.1) is 0 Å². The first-order chi connectivity index (χ1) is 3.79. The van der Waals surface area contributed by atoms with Crippen LogP contribution in [0.1, 0.15) is 0 Å². The van der Waals surface area contributed by atoms with Crippen molar-refractivity contribution in [1.82, 2.24) is 5.06 Å². The molecule has 0 aromatic carbocycles. The maximum atomic E-state index is 8.67. The molecule has 1 aliphatic heterocycles. The summed E-state index contributed by atoms with van der Waals surface area (Å²) in [5, 5.41) is 9.74. The molecule has 1 rings (SSSR count). The predicted octanol–water partition coefficient (Wildman–Crippen LogP) is 0.0475. The zero-order valence-corrected chi connectivity index (χ0v) is 4.41. The Balaban J connectivity index is 2.58. The SMILES string of the molecule is NC1=CCN(O)C=C1. The molecule has 3 heteroatoms. The Hall–Kier alpha value is -0.960. The summed E-state index contributed by atoms with van der Waals surface area (Å²) in [4.78, 5) is 0. The van der Waals surface area contributed by atoms with Crippen LogP contribution in [0.2, 0.25) is 0 Å². The molecule has 0 saturated carbocycles. The summed E-state index contributed by atoms with van der Waals surface area (Å²) in [6, 6.07) is 0. The molecule has 0 atom stereocenters. The number of nitrogens with two attached hydrogens (primary N) is 1. The van der Waals surface area contributed by atoms with Crippen LogP contribution in [0, 0.1) is 0 Å². The van der Waals surface area contributed by atoms with E-state index in [1.54, 1.807) is 12.2 Å². The highest BCUT2D eigenvalue weighted by Gasteiger charge is 1.94. The predicted molar refractivity (Wildman–Crippen MR) is 29.9 cm³/mol. The minimum Gasteiger partial charge on any atom is -0.399 e. The van der Waals surface area contributed by atoms with Gasteiger partial charge in [-0.05, 0) is 12.2 Å². The Labute approximate surface area is 47.7 Å². The van der Waals surface area contributed by atoms with Crippen LogP contribution < -0.4 is 5.73 Å². The molecule has 1 aliphatic rings. The van der Waals surface area contributed by atoms with Gasteiger partial charge in [0.15, 0.2) is 0 Å². The monoisotopic (exact) mass is 112 g/mol. The van der Waals surface area contributed by atoms with Crippen LogP contribution in [0.15, 0.2) is 24.0 Å². The number of allylic oxidation sites excluding steroid dienone is 1. The zero-order valence-electron chi connectivity index (χ0n) is 4.41. The van der Waals surface area contributed by atoms with Gasteiger partial charge in [0.05, 0.1) is 6.54 Å². The lowest BCUT2D eigenvalue weighted by atomic mass is 10.3. The molecule has 0 aromatic heterocycles. The molecule has 0 amide bonds. The molecule has 0 radical (unpaired) electrons. The Kier molecular flexibility index (Phi) is 1.22. The van der Waals surface area contributed by atoms with Gasteiger partial charge in [0, 0.05) is 11.9 Å². The van der Waals surface area contributed by atoms with Crippen LogP contribution in [-0.4, -0.2) is 16.8 Å². The standard InChI is InChI=1S/C5H8N2O/c6-5-1-3-7(8)4-2-5/h1-3,8H,4,6H2. The summed E-state index contributed by atoms with van der Waals surface area (Å²) in [5.41, 5.74) is 6.04. The molecule has 0 unspecified atom stereocenters. The molecule has 0 aromatic rings. The van der Waals surface area contributed by atoms with Gasteiger partial charge in [-0.1, -0.05) is 0 Å². The summed E-state index contributed by atoms with van der Waals surface area (Å²) >= 11 is 0. The summed E-state index contributed by atoms with van der Waals surface area (Å²) in [6.45, 7) is 0.488. The maximum Gasteiger partial charge on any atom is 0.0650 e. The van der Waals surface area contributed by atoms with Crippen molar-refractivity contribution in [3.05, 3.63) is 24.0 Å². The highest BCUT2D eigenvalue weighted by molar-refractivity contribution is 5.17. The van der Waals surface area contributed by atoms with E-state index in [0.717, 1.165) is 5.06 Å². The average Bonchev–Trinajstić information content (AvgIpc) is 1.77. The van der Waals surface area contributed by atoms with Gasteiger partial charge in [0.2, 0.25) is 0 Å². The molecular formula is C5H8N2O. The van der Waals surface area contributed by atoms with Crippen molar-refractivity contribution < 1.29 is 5.21 Å². The van der Waals surface area contributed by atoms with Crippen molar-refractivity contribution in [2.45, 2.75) is 0 Å². The molecule has 1 heterocycles. The van der Waals surface area contributed by atoms with Crippen molar-refractivity contribution in [3.63, 3.8) is 0 Å². The third-order valence-corrected chi connectivity index (χ3v) is 0.953. The van der Waals surface area contributed by atoms with Gasteiger partial charge < -0.3 is 5.73 Å². The van der Waals surface area contributed by atoms with E-state index >= 15 is 0 Å². The topological polar surface area (TPSA) is 49.5 Å². The first-order valence-corrected chi connectivity index (χ1v) is 2.38. The normalized spacial score (nSPS) is 18.6. The molecule has 3 nitrogen and oxygen atoms in total. The quantitative estimate of drug-likeness (QED) is 0.465. The van der Waals surface area contributed by atoms with Gasteiger partial charge in [-0.25, -0.2) is 0 Å². The van der Waals surface area contributed by atoms with Gasteiger partial charge in [0.1, 0.15) is 0 Å². The Morgan fingerprint density at radius 3 is 2.88 bits per heavy atom. The van der Waals surface area contributed by atoms with E-state index < -0.39 is 0 Å². The van der Waals surface area contributed by atoms with E-state index in [1.807, 2.05) is 0 Å². The summed E-state index contributed by atoms with van der Waals surface area (Å²) in [7, 11) is 0. The third kappa shape index (κ3) is 1.01. The number of rotatable bonds is 0. The van der Waals surface area contributed by atoms with Crippen LogP contribution in [0.3, 0.4) is 0 Å². The fourth-order valence-electron chi connectivity index (χ4n) is 0.500. The van der Waals surface area contributed by atoms with Crippen molar-refractivity contribution in [2.75, 3.05) is 6.54 Å². The second kappa shape index (κ2) is 1.88. The van der Waals surface area contributed by atoms with Crippen molar-refractivity contribution in [3.8, 4) is 0 Å². The fourth-order valence-corrected chi connectivity index (χ4v) is 0.500. The van der Waals surface area contributed by atoms with E-state index in [2.05, 4.69) is 0 Å². The largest absolute Gasteiger partial charge is 0.399 e. The molecular weight excluding hydrogens is 104 g/mol. The number of hydroxylamine groups is 2. The van der Waals surface area contributed by atoms with Crippen LogP contribution in [0.4, 0.5) is 0 Å². The third-order valence-electron chi connectivity index (χ3n) is 0.953. The van der Waals surface area contributed by atoms with Crippen molar-refractivity contribution in [1.29, 1.82) is 0 Å². The van der Waals surface area contributed by atoms with E-state index in [0.29, 0.717) is 12.2 Å². The lowest BCUT2D eigenvalue weighted by molar-refractivity contribution is -0.0306. The second-order valence-corrected chi connectivity index (χ2v) is 1.64. The molecule has 0 fully saturated rings. The Morgan fingerprint density at radius 2 is 2.50 bits per heavy atom. The Morgan fingerprint density at radius 1 is 1.75 bits per heavy atom. The Bertz CT molecular complexity index is 139. The van der Waals surface area contributed by atoms with Crippen LogP contribution in [0.5, 0.6) is 0 Å². The van der Waals surface area contributed by atoms with Gasteiger partial charge in [-0.3, -0.25) is 10.3 Å². The average molecular weight is 112 g/mol. The maximum absolute atomic E-state index is 8.67. The molecule has 0 saturated heterocycles. The van der Waals surface area contributed by atoms with Crippen molar-refractivity contribution in [2.24, 2.45) is 5.73 Å². The lowest BCUT2D eigenvalue weighted by Gasteiger charge is -2.12. The first kappa shape index (κ1) is 5.18. The number of hydrogen-bond acceptors (Lipinski definition) is 3. The minimum atomic E-state index is 0.488. The lowest BCUT2D eigenvalue weighted by Crippen LogP contribution is -2.16. The minimum absolute atomic E-state index is 0.488. The van der Waals surface area contributed by atoms with E-state index in [9.17, 15) is 0 Å². The molecule has 0 aliphatic carbocycles. The van der Waals surface area contributed by atoms with Gasteiger partial charge in [0.25, 0.3) is 0 Å². The number of hydrogen-bond donors (Lipinski definition) is 2. The molecule has 44 valence electrons. The first-order valence-electron chi connectivity index (χ1n) is 2.38. The highest BCUT2D eigenvalue weighted by Crippen LogP contribution is 1.97. The van der Waals surface area contributed by atoms with Crippen LogP contribution in [-0.2, 0) is 0 Å². The van der Waals surface area contributed by atoms with Crippen LogP contribution in [0.25, 0.3) is 0 Å². The van der Waals surface area contributed by atoms with Crippen LogP contribution >= 0.6 is 0 Å². The van der Waals surface area contributed by atoms with Crippen molar-refractivity contribution >= 4 is 0 Å². The van der Waals surface area contributed by atoms with Gasteiger partial charge in [-0.2, -0.15) is 0 Å². The molecule has 0 bridgehead atoms. The van der Waals surface area contributed by atoms with E-state index in [-0.39, 0.29) is 0 Å². The highest BCUT2D eigenvalue weighted by atomic mass is 16.5. The van der Waals surface area contributed by atoms with E-state index in [4.69, 9.17) is 10.9 Å². The number of nitrogens with zero attached hydrogens (tertiary/aromatic N) is 1. The summed E-state index contributed by atoms with van der Waals surface area (Å²) < 4.78 is 0. The smallest absolute Gasteiger partial charge is 0.0650 e. The zero-order chi connectivity index (χ0) is 5.98. The molecule has 0 spiro atoms.